The Kier molecular flexibility index (Phi) is 5.80. The molecule has 0 aromatic rings. The van der Waals surface area contributed by atoms with Crippen LogP contribution in [0.4, 0.5) is 0 Å². The minimum absolute atomic E-state index is 0.0900. The molecule has 24 heavy (non-hydrogen) atoms. The number of piperidine rings is 1. The molecule has 0 unspecified atom stereocenters. The van der Waals surface area contributed by atoms with Gasteiger partial charge in [0.05, 0.1) is 19.1 Å². The van der Waals surface area contributed by atoms with Crippen molar-refractivity contribution in [2.75, 3.05) is 54.0 Å². The predicted molar refractivity (Wildman–Crippen MR) is 92.7 cm³/mol. The Morgan fingerprint density at radius 3 is 2.79 bits per heavy atom. The normalized spacial score (nSPS) is 32.9. The van der Waals surface area contributed by atoms with Crippen LogP contribution in [0.2, 0.25) is 0 Å². The van der Waals surface area contributed by atoms with E-state index in [4.69, 9.17) is 9.47 Å². The van der Waals surface area contributed by atoms with Gasteiger partial charge < -0.3 is 24.6 Å². The molecule has 0 bridgehead atoms. The number of hydrogen-bond donors (Lipinski definition) is 1. The number of likely N-dealkylation sites (tertiary alicyclic amines) is 1. The van der Waals surface area contributed by atoms with Crippen molar-refractivity contribution in [1.29, 1.82) is 0 Å². The lowest BCUT2D eigenvalue weighted by Crippen LogP contribution is -2.55. The molecule has 1 amide bonds. The molecule has 1 N–H and O–H groups in total. The molecule has 6 heteroatoms. The van der Waals surface area contributed by atoms with Gasteiger partial charge in [-0.15, -0.1) is 0 Å². The smallest absolute Gasteiger partial charge is 0.224 e. The number of carbonyl (C=O) groups is 1. The van der Waals surface area contributed by atoms with Gasteiger partial charge in [0.25, 0.3) is 0 Å². The van der Waals surface area contributed by atoms with Crippen LogP contribution in [0.5, 0.6) is 0 Å². The van der Waals surface area contributed by atoms with Crippen molar-refractivity contribution in [2.24, 2.45) is 11.8 Å². The molecule has 2 saturated heterocycles. The highest BCUT2D eigenvalue weighted by Gasteiger charge is 2.49. The largest absolute Gasteiger partial charge is 0.356 e. The van der Waals surface area contributed by atoms with Crippen LogP contribution in [0.1, 0.15) is 32.1 Å². The van der Waals surface area contributed by atoms with Crippen LogP contribution in [0, 0.1) is 11.8 Å². The maximum absolute atomic E-state index is 12.6. The standard InChI is InChI=1S/C18H33N3O3/c1-20(2)8-4-7-19-17(22)15-11-14-12-18(23-9-10-24-18)6-5-16(14)21(3)13-15/h14-16H,4-13H2,1-3H3,(H,19,22)/t14-,15-,16-/m1/s1. The SMILES string of the molecule is CN(C)CCCNC(=O)[C@@H]1C[C@@H]2CC3(CC[C@H]2N(C)C1)OCCO3. The molecule has 1 saturated carbocycles. The quantitative estimate of drug-likeness (QED) is 0.755. The molecule has 6 nitrogen and oxygen atoms in total. The summed E-state index contributed by atoms with van der Waals surface area (Å²) < 4.78 is 11.8. The van der Waals surface area contributed by atoms with Gasteiger partial charge in [0, 0.05) is 32.0 Å². The lowest BCUT2D eigenvalue weighted by atomic mass is 9.72. The molecule has 3 atom stereocenters. The average Bonchev–Trinajstić information content (AvgIpc) is 2.98. The number of nitrogens with zero attached hydrogens (tertiary/aromatic N) is 2. The lowest BCUT2D eigenvalue weighted by Gasteiger charge is -2.49. The Morgan fingerprint density at radius 1 is 1.33 bits per heavy atom. The molecule has 138 valence electrons. The molecular formula is C18H33N3O3. The lowest BCUT2D eigenvalue weighted by molar-refractivity contribution is -0.202. The summed E-state index contributed by atoms with van der Waals surface area (Å²) >= 11 is 0. The van der Waals surface area contributed by atoms with Crippen LogP contribution >= 0.6 is 0 Å². The summed E-state index contributed by atoms with van der Waals surface area (Å²) in [6, 6.07) is 0.571. The Labute approximate surface area is 145 Å². The van der Waals surface area contributed by atoms with Gasteiger partial charge >= 0.3 is 0 Å². The van der Waals surface area contributed by atoms with Crippen LogP contribution in [0.25, 0.3) is 0 Å². The highest BCUT2D eigenvalue weighted by molar-refractivity contribution is 5.79. The van der Waals surface area contributed by atoms with E-state index < -0.39 is 0 Å². The monoisotopic (exact) mass is 339 g/mol. The fourth-order valence-electron chi connectivity index (χ4n) is 4.69. The Balaban J connectivity index is 1.52. The predicted octanol–water partition coefficient (Wildman–Crippen LogP) is 0.918. The summed E-state index contributed by atoms with van der Waals surface area (Å²) in [5.41, 5.74) is 0. The minimum atomic E-state index is -0.355. The van der Waals surface area contributed by atoms with E-state index in [9.17, 15) is 4.79 Å². The van der Waals surface area contributed by atoms with Gasteiger partial charge in [-0.1, -0.05) is 0 Å². The van der Waals surface area contributed by atoms with Crippen LogP contribution < -0.4 is 5.32 Å². The summed E-state index contributed by atoms with van der Waals surface area (Å²) in [5, 5.41) is 3.13. The summed E-state index contributed by atoms with van der Waals surface area (Å²) in [6.45, 7) is 4.07. The number of fused-ring (bicyclic) bond motifs is 1. The second-order valence-electron chi connectivity index (χ2n) is 8.00. The number of amides is 1. The van der Waals surface area contributed by atoms with E-state index in [-0.39, 0.29) is 17.6 Å². The molecule has 2 aliphatic heterocycles. The number of ether oxygens (including phenoxy) is 2. The highest BCUT2D eigenvalue weighted by Crippen LogP contribution is 2.44. The van der Waals surface area contributed by atoms with Crippen molar-refractivity contribution in [3.05, 3.63) is 0 Å². The molecule has 1 spiro atoms. The topological polar surface area (TPSA) is 54.0 Å². The van der Waals surface area contributed by atoms with E-state index in [1.165, 1.54) is 0 Å². The van der Waals surface area contributed by atoms with E-state index >= 15 is 0 Å². The molecule has 3 rings (SSSR count). The van der Waals surface area contributed by atoms with Gasteiger partial charge in [0.1, 0.15) is 0 Å². The second kappa shape index (κ2) is 7.68. The molecule has 0 aromatic heterocycles. The van der Waals surface area contributed by atoms with E-state index in [1.54, 1.807) is 0 Å². The minimum Gasteiger partial charge on any atom is -0.356 e. The molecule has 3 fully saturated rings. The third-order valence-electron chi connectivity index (χ3n) is 5.87. The Hall–Kier alpha value is -0.690. The zero-order valence-electron chi connectivity index (χ0n) is 15.4. The molecule has 1 aliphatic carbocycles. The Bertz CT molecular complexity index is 437. The summed E-state index contributed by atoms with van der Waals surface area (Å²) in [5.74, 6) is 0.443. The zero-order valence-corrected chi connectivity index (χ0v) is 15.4. The van der Waals surface area contributed by atoms with Crippen molar-refractivity contribution >= 4 is 5.91 Å². The van der Waals surface area contributed by atoms with Gasteiger partial charge in [0.2, 0.25) is 5.91 Å². The second-order valence-corrected chi connectivity index (χ2v) is 8.00. The average molecular weight is 339 g/mol. The molecule has 0 radical (unpaired) electrons. The summed E-state index contributed by atoms with van der Waals surface area (Å²) in [7, 11) is 6.28. The highest BCUT2D eigenvalue weighted by atomic mass is 16.7. The summed E-state index contributed by atoms with van der Waals surface area (Å²) in [4.78, 5) is 17.1. The number of carbonyl (C=O) groups excluding carboxylic acids is 1. The number of nitrogens with one attached hydrogen (secondary N) is 1. The first kappa shape index (κ1) is 18.1. The number of hydrogen-bond acceptors (Lipinski definition) is 5. The first-order valence-corrected chi connectivity index (χ1v) is 9.40. The number of rotatable bonds is 5. The van der Waals surface area contributed by atoms with Crippen molar-refractivity contribution in [3.8, 4) is 0 Å². The van der Waals surface area contributed by atoms with E-state index in [2.05, 4.69) is 36.3 Å². The van der Waals surface area contributed by atoms with E-state index in [0.29, 0.717) is 25.2 Å². The van der Waals surface area contributed by atoms with E-state index in [0.717, 1.165) is 51.7 Å². The van der Waals surface area contributed by atoms with Gasteiger partial charge in [-0.3, -0.25) is 4.79 Å². The van der Waals surface area contributed by atoms with E-state index in [1.807, 2.05) is 0 Å². The molecule has 2 heterocycles. The van der Waals surface area contributed by atoms with Gasteiger partial charge in [-0.25, -0.2) is 0 Å². The van der Waals surface area contributed by atoms with Gasteiger partial charge in [-0.2, -0.15) is 0 Å². The van der Waals surface area contributed by atoms with Gasteiger partial charge in [-0.05, 0) is 52.9 Å². The third kappa shape index (κ3) is 4.10. The zero-order chi connectivity index (χ0) is 17.2. The van der Waals surface area contributed by atoms with Gasteiger partial charge in [0.15, 0.2) is 5.79 Å². The fourth-order valence-corrected chi connectivity index (χ4v) is 4.69. The maximum atomic E-state index is 12.6. The van der Waals surface area contributed by atoms with Crippen molar-refractivity contribution < 1.29 is 14.3 Å². The Morgan fingerprint density at radius 2 is 2.08 bits per heavy atom. The van der Waals surface area contributed by atoms with Crippen LogP contribution in [-0.4, -0.2) is 81.5 Å². The summed E-state index contributed by atoms with van der Waals surface area (Å²) in [6.07, 6.45) is 4.99. The first-order valence-electron chi connectivity index (χ1n) is 9.40. The fraction of sp³-hybridized carbons (Fsp3) is 0.944. The maximum Gasteiger partial charge on any atom is 0.224 e. The van der Waals surface area contributed by atoms with Crippen molar-refractivity contribution in [1.82, 2.24) is 15.1 Å². The van der Waals surface area contributed by atoms with Crippen molar-refractivity contribution in [2.45, 2.75) is 43.9 Å². The van der Waals surface area contributed by atoms with Crippen molar-refractivity contribution in [3.63, 3.8) is 0 Å². The van der Waals surface area contributed by atoms with Crippen LogP contribution in [-0.2, 0) is 14.3 Å². The third-order valence-corrected chi connectivity index (χ3v) is 5.87. The van der Waals surface area contributed by atoms with Crippen LogP contribution in [0.3, 0.4) is 0 Å². The molecule has 3 aliphatic rings. The molecular weight excluding hydrogens is 306 g/mol. The molecule has 0 aromatic carbocycles. The first-order chi connectivity index (χ1) is 11.5. The van der Waals surface area contributed by atoms with Crippen LogP contribution in [0.15, 0.2) is 0 Å².